The summed E-state index contributed by atoms with van der Waals surface area (Å²) >= 11 is 0.630. The number of benzene rings is 1. The van der Waals surface area contributed by atoms with Crippen molar-refractivity contribution in [3.05, 3.63) is 45.2 Å². The zero-order valence-electron chi connectivity index (χ0n) is 10.0. The van der Waals surface area contributed by atoms with Gasteiger partial charge in [-0.05, 0) is 13.0 Å². The summed E-state index contributed by atoms with van der Waals surface area (Å²) in [5, 5.41) is 9.16. The van der Waals surface area contributed by atoms with Crippen molar-refractivity contribution in [2.75, 3.05) is 4.72 Å². The van der Waals surface area contributed by atoms with Gasteiger partial charge >= 0.3 is 4.87 Å². The molecule has 0 aliphatic rings. The summed E-state index contributed by atoms with van der Waals surface area (Å²) in [6.07, 6.45) is 0. The Hall–Kier alpha value is -1.64. The van der Waals surface area contributed by atoms with Gasteiger partial charge in [-0.15, -0.1) is 0 Å². The minimum absolute atomic E-state index is 0.0507. The van der Waals surface area contributed by atoms with Gasteiger partial charge in [-0.1, -0.05) is 29.5 Å². The molecule has 0 unspecified atom stereocenters. The van der Waals surface area contributed by atoms with Gasteiger partial charge in [0.1, 0.15) is 0 Å². The Morgan fingerprint density at radius 2 is 2.05 bits per heavy atom. The molecule has 3 N–H and O–H groups in total. The van der Waals surface area contributed by atoms with E-state index in [1.165, 1.54) is 6.92 Å². The number of thiazole rings is 1. The number of sulfonamides is 1. The molecule has 1 aromatic heterocycles. The number of aryl methyl sites for hydroxylation is 1. The molecule has 0 saturated heterocycles. The van der Waals surface area contributed by atoms with E-state index in [0.717, 1.165) is 0 Å². The first-order valence-corrected chi connectivity index (χ1v) is 7.65. The van der Waals surface area contributed by atoms with E-state index in [2.05, 4.69) is 9.71 Å². The molecule has 6 nitrogen and oxygen atoms in total. The predicted octanol–water partition coefficient (Wildman–Crippen LogP) is 1.04. The van der Waals surface area contributed by atoms with Gasteiger partial charge in [-0.25, -0.2) is 8.42 Å². The maximum absolute atomic E-state index is 12.2. The largest absolute Gasteiger partial charge is 0.392 e. The van der Waals surface area contributed by atoms with Gasteiger partial charge in [0, 0.05) is 11.3 Å². The lowest BCUT2D eigenvalue weighted by Gasteiger charge is -2.10. The van der Waals surface area contributed by atoms with E-state index in [4.69, 9.17) is 5.11 Å². The molecule has 1 heterocycles. The molecule has 0 aliphatic heterocycles. The first-order chi connectivity index (χ1) is 8.94. The number of hydrogen-bond acceptors (Lipinski definition) is 5. The summed E-state index contributed by atoms with van der Waals surface area (Å²) in [7, 11) is -3.83. The summed E-state index contributed by atoms with van der Waals surface area (Å²) in [5.41, 5.74) is 1.06. The van der Waals surface area contributed by atoms with E-state index in [9.17, 15) is 13.2 Å². The van der Waals surface area contributed by atoms with E-state index in [1.807, 2.05) is 0 Å². The number of aromatic nitrogens is 1. The number of aliphatic hydroxyl groups excluding tert-OH is 1. The molecule has 0 radical (unpaired) electrons. The van der Waals surface area contributed by atoms with E-state index >= 15 is 0 Å². The molecule has 19 heavy (non-hydrogen) atoms. The number of nitrogens with one attached hydrogen (secondary N) is 2. The molecule has 0 fully saturated rings. The van der Waals surface area contributed by atoms with Gasteiger partial charge in [0.25, 0.3) is 10.0 Å². The molecule has 2 rings (SSSR count). The average molecular weight is 300 g/mol. The Bertz CT molecular complexity index is 746. The summed E-state index contributed by atoms with van der Waals surface area (Å²) in [5.74, 6) is 0. The Labute approximate surface area is 113 Å². The maximum Gasteiger partial charge on any atom is 0.306 e. The second kappa shape index (κ2) is 5.16. The Morgan fingerprint density at radius 1 is 1.37 bits per heavy atom. The summed E-state index contributed by atoms with van der Waals surface area (Å²) < 4.78 is 26.6. The zero-order valence-corrected chi connectivity index (χ0v) is 11.6. The van der Waals surface area contributed by atoms with Crippen LogP contribution < -0.4 is 9.60 Å². The predicted molar refractivity (Wildman–Crippen MR) is 72.9 cm³/mol. The third kappa shape index (κ3) is 2.86. The molecule has 0 amide bonds. The lowest BCUT2D eigenvalue weighted by molar-refractivity contribution is 0.282. The molecule has 8 heteroatoms. The van der Waals surface area contributed by atoms with Crippen LogP contribution in [-0.2, 0) is 16.6 Å². The molecule has 0 spiro atoms. The first-order valence-electron chi connectivity index (χ1n) is 5.35. The average Bonchev–Trinajstić information content (AvgIpc) is 2.69. The number of aliphatic hydroxyl groups is 1. The van der Waals surface area contributed by atoms with Gasteiger partial charge < -0.3 is 10.1 Å². The van der Waals surface area contributed by atoms with Crippen molar-refractivity contribution >= 4 is 27.0 Å². The monoisotopic (exact) mass is 300 g/mol. The molecular weight excluding hydrogens is 288 g/mol. The SMILES string of the molecule is Cc1[nH]c(=O)sc1S(=O)(=O)Nc1ccccc1CO. The van der Waals surface area contributed by atoms with Crippen molar-refractivity contribution in [2.45, 2.75) is 17.7 Å². The van der Waals surface area contributed by atoms with Crippen molar-refractivity contribution in [1.82, 2.24) is 4.98 Å². The fourth-order valence-corrected chi connectivity index (χ4v) is 4.00. The van der Waals surface area contributed by atoms with Crippen LogP contribution in [0.5, 0.6) is 0 Å². The number of H-pyrrole nitrogens is 1. The summed E-state index contributed by atoms with van der Waals surface area (Å²) in [6, 6.07) is 6.52. The zero-order chi connectivity index (χ0) is 14.0. The van der Waals surface area contributed by atoms with Crippen LogP contribution in [-0.4, -0.2) is 18.5 Å². The lowest BCUT2D eigenvalue weighted by Crippen LogP contribution is -2.14. The van der Waals surface area contributed by atoms with Crippen LogP contribution in [0.4, 0.5) is 5.69 Å². The van der Waals surface area contributed by atoms with Crippen molar-refractivity contribution < 1.29 is 13.5 Å². The molecule has 102 valence electrons. The van der Waals surface area contributed by atoms with Gasteiger partial charge in [0.05, 0.1) is 12.3 Å². The highest BCUT2D eigenvalue weighted by Gasteiger charge is 2.21. The number of rotatable bonds is 4. The third-order valence-electron chi connectivity index (χ3n) is 2.46. The van der Waals surface area contributed by atoms with Gasteiger partial charge in [-0.3, -0.25) is 9.52 Å². The normalized spacial score (nSPS) is 11.5. The fraction of sp³-hybridized carbons (Fsp3) is 0.182. The number of anilines is 1. The molecular formula is C11H12N2O4S2. The second-order valence-electron chi connectivity index (χ2n) is 3.85. The van der Waals surface area contributed by atoms with Crippen molar-refractivity contribution in [3.63, 3.8) is 0 Å². The second-order valence-corrected chi connectivity index (χ2v) is 6.71. The maximum atomic E-state index is 12.2. The van der Waals surface area contributed by atoms with Gasteiger partial charge in [0.15, 0.2) is 4.21 Å². The molecule has 0 saturated carbocycles. The Morgan fingerprint density at radius 3 is 2.63 bits per heavy atom. The van der Waals surface area contributed by atoms with Crippen LogP contribution in [0.3, 0.4) is 0 Å². The quantitative estimate of drug-likeness (QED) is 0.785. The lowest BCUT2D eigenvalue weighted by atomic mass is 10.2. The Kier molecular flexibility index (Phi) is 3.74. The summed E-state index contributed by atoms with van der Waals surface area (Å²) in [6.45, 7) is 1.24. The number of aromatic amines is 1. The van der Waals surface area contributed by atoms with Crippen molar-refractivity contribution in [3.8, 4) is 0 Å². The molecule has 1 aromatic carbocycles. The van der Waals surface area contributed by atoms with Gasteiger partial charge in [0.2, 0.25) is 0 Å². The van der Waals surface area contributed by atoms with Crippen LogP contribution in [0, 0.1) is 6.92 Å². The van der Waals surface area contributed by atoms with Crippen molar-refractivity contribution in [1.29, 1.82) is 0 Å². The first kappa shape index (κ1) is 13.8. The minimum Gasteiger partial charge on any atom is -0.392 e. The molecule has 2 aromatic rings. The molecule has 0 atom stereocenters. The van der Waals surface area contributed by atoms with Crippen LogP contribution in [0.2, 0.25) is 0 Å². The highest BCUT2D eigenvalue weighted by molar-refractivity contribution is 7.94. The number of para-hydroxylation sites is 1. The molecule has 0 bridgehead atoms. The Balaban J connectivity index is 2.42. The van der Waals surface area contributed by atoms with Crippen molar-refractivity contribution in [2.24, 2.45) is 0 Å². The van der Waals surface area contributed by atoms with E-state index < -0.39 is 14.9 Å². The summed E-state index contributed by atoms with van der Waals surface area (Å²) in [4.78, 5) is 13.2. The highest BCUT2D eigenvalue weighted by atomic mass is 32.2. The highest BCUT2D eigenvalue weighted by Crippen LogP contribution is 2.22. The number of hydrogen-bond donors (Lipinski definition) is 3. The van der Waals surface area contributed by atoms with E-state index in [-0.39, 0.29) is 10.8 Å². The topological polar surface area (TPSA) is 99.3 Å². The van der Waals surface area contributed by atoms with Gasteiger partial charge in [-0.2, -0.15) is 0 Å². The van der Waals surface area contributed by atoms with Crippen LogP contribution in [0.15, 0.2) is 33.3 Å². The minimum atomic E-state index is -3.83. The fourth-order valence-electron chi connectivity index (χ4n) is 1.60. The van der Waals surface area contributed by atoms with Crippen LogP contribution in [0.25, 0.3) is 0 Å². The van der Waals surface area contributed by atoms with Crippen LogP contribution >= 0.6 is 11.3 Å². The van der Waals surface area contributed by atoms with E-state index in [0.29, 0.717) is 28.3 Å². The molecule has 0 aliphatic carbocycles. The third-order valence-corrected chi connectivity index (χ3v) is 5.43. The standard InChI is InChI=1S/C11H12N2O4S2/c1-7-10(18-11(15)12-7)19(16,17)13-9-5-3-2-4-8(9)6-14/h2-5,13-14H,6H2,1H3,(H,12,15). The van der Waals surface area contributed by atoms with Crippen LogP contribution in [0.1, 0.15) is 11.3 Å². The van der Waals surface area contributed by atoms with E-state index in [1.54, 1.807) is 24.3 Å². The smallest absolute Gasteiger partial charge is 0.306 e.